The number of rotatable bonds is 10. The van der Waals surface area contributed by atoms with Crippen LogP contribution in [0.3, 0.4) is 0 Å². The van der Waals surface area contributed by atoms with Crippen LogP contribution in [0, 0.1) is 23.6 Å². The second kappa shape index (κ2) is 15.5. The van der Waals surface area contributed by atoms with Crippen molar-refractivity contribution in [3.63, 3.8) is 0 Å². The minimum atomic E-state index is -0.626. The average Bonchev–Trinajstić information content (AvgIpc) is 3.86. The molecule has 0 radical (unpaired) electrons. The number of terminal acetylenes is 1. The van der Waals surface area contributed by atoms with E-state index in [2.05, 4.69) is 42.3 Å². The Bertz CT molecular complexity index is 2750. The van der Waals surface area contributed by atoms with Gasteiger partial charge in [0.1, 0.15) is 28.8 Å². The van der Waals surface area contributed by atoms with E-state index in [1.54, 1.807) is 23.2 Å². The number of carbonyl (C=O) groups excluding carboxylic acids is 3. The summed E-state index contributed by atoms with van der Waals surface area (Å²) in [4.78, 5) is 60.5. The van der Waals surface area contributed by atoms with Crippen molar-refractivity contribution in [2.45, 2.75) is 69.7 Å². The fourth-order valence-electron chi connectivity index (χ4n) is 10.5. The number of piperidine rings is 1. The topological polar surface area (TPSA) is 156 Å². The van der Waals surface area contributed by atoms with Crippen molar-refractivity contribution in [2.24, 2.45) is 5.41 Å². The van der Waals surface area contributed by atoms with Crippen LogP contribution in [0.1, 0.15) is 65.6 Å². The summed E-state index contributed by atoms with van der Waals surface area (Å²) < 4.78 is 23.6. The zero-order chi connectivity index (χ0) is 43.0. The Hall–Kier alpha value is -6.21. The first-order valence-corrected chi connectivity index (χ1v) is 22.0. The molecule has 7 heterocycles. The highest BCUT2D eigenvalue weighted by atomic mass is 19.1. The van der Waals surface area contributed by atoms with E-state index in [1.165, 1.54) is 6.07 Å². The SMILES string of the molecule is C#Cc1cccc2cc(O)cc(-c3ncc4c(N5CC6CCC(C5)N6)nc(OCC5(CN6CCN(Cc7ccc8c(c7)CN(C7CCC(=O)NC7=O)C8=O)CC6)CC5)nc4c3F)c12. The highest BCUT2D eigenvalue weighted by molar-refractivity contribution is 6.06. The lowest BCUT2D eigenvalue weighted by molar-refractivity contribution is -0.136. The van der Waals surface area contributed by atoms with E-state index < -0.39 is 17.8 Å². The number of nitrogens with one attached hydrogen (secondary N) is 2. The molecule has 4 saturated heterocycles. The molecule has 15 heteroatoms. The van der Waals surface area contributed by atoms with Gasteiger partial charge in [0.2, 0.25) is 11.8 Å². The van der Waals surface area contributed by atoms with Crippen LogP contribution in [0.5, 0.6) is 11.8 Å². The van der Waals surface area contributed by atoms with Crippen LogP contribution in [0.2, 0.25) is 0 Å². The van der Waals surface area contributed by atoms with Gasteiger partial charge in [-0.2, -0.15) is 9.97 Å². The van der Waals surface area contributed by atoms with Gasteiger partial charge >= 0.3 is 6.01 Å². The predicted molar refractivity (Wildman–Crippen MR) is 233 cm³/mol. The van der Waals surface area contributed by atoms with Crippen molar-refractivity contribution in [3.05, 3.63) is 82.8 Å². The third kappa shape index (κ3) is 7.39. The molecule has 6 aliphatic rings. The number of nitrogens with zero attached hydrogens (tertiary/aromatic N) is 7. The van der Waals surface area contributed by atoms with Crippen LogP contribution in [-0.2, 0) is 22.7 Å². The maximum atomic E-state index is 17.1. The number of anilines is 1. The number of amides is 3. The third-order valence-electron chi connectivity index (χ3n) is 14.0. The van der Waals surface area contributed by atoms with Crippen molar-refractivity contribution < 1.29 is 28.6 Å². The van der Waals surface area contributed by atoms with Gasteiger partial charge in [-0.3, -0.25) is 29.6 Å². The number of hydrogen-bond donors (Lipinski definition) is 3. The molecule has 322 valence electrons. The Morgan fingerprint density at radius 2 is 1.75 bits per heavy atom. The lowest BCUT2D eigenvalue weighted by Gasteiger charge is -2.36. The molecule has 3 amide bonds. The predicted octanol–water partition coefficient (Wildman–Crippen LogP) is 4.35. The fraction of sp³-hybridized carbons (Fsp3) is 0.417. The Morgan fingerprint density at radius 1 is 0.952 bits per heavy atom. The molecule has 5 fully saturated rings. The number of hydrogen-bond acceptors (Lipinski definition) is 12. The summed E-state index contributed by atoms with van der Waals surface area (Å²) in [5, 5.41) is 18.6. The summed E-state index contributed by atoms with van der Waals surface area (Å²) in [6.45, 7) is 7.49. The van der Waals surface area contributed by atoms with Gasteiger partial charge in [0, 0.05) is 111 Å². The minimum absolute atomic E-state index is 0.0211. The molecule has 3 N–H and O–H groups in total. The molecule has 5 aromatic rings. The molecule has 2 aromatic heterocycles. The quantitative estimate of drug-likeness (QED) is 0.135. The first-order valence-electron chi connectivity index (χ1n) is 22.0. The molecule has 1 aliphatic carbocycles. The fourth-order valence-corrected chi connectivity index (χ4v) is 10.5. The maximum absolute atomic E-state index is 17.1. The highest BCUT2D eigenvalue weighted by Gasteiger charge is 2.46. The number of phenolic OH excluding ortho intramolecular Hbond substituents is 1. The number of halogens is 1. The Kier molecular flexibility index (Phi) is 9.78. The van der Waals surface area contributed by atoms with Gasteiger partial charge in [-0.25, -0.2) is 4.39 Å². The lowest BCUT2D eigenvalue weighted by Crippen LogP contribution is -2.52. The standard InChI is InChI=1S/C48H48FN9O5/c1-2-29-4-3-5-30-19-34(59)20-36(40(29)30)42-41(49)43-37(21-50-42)44(57-24-32-7-8-33(25-57)51-32)54-47(53-43)63-27-48(12-13-48)26-56-16-14-55(15-17-56)22-28-6-9-35-31(18-28)23-58(46(35)62)38-10-11-39(60)52-45(38)61/h1,3-6,9,18-21,32-33,38,51,59H,7-8,10-17,22-27H2,(H,52,60,61). The smallest absolute Gasteiger partial charge is 0.319 e. The van der Waals surface area contributed by atoms with E-state index in [0.717, 1.165) is 89.2 Å². The summed E-state index contributed by atoms with van der Waals surface area (Å²) in [6.07, 6.45) is 12.3. The van der Waals surface area contributed by atoms with Crippen LogP contribution in [0.4, 0.5) is 10.2 Å². The molecule has 11 rings (SSSR count). The van der Waals surface area contributed by atoms with Crippen molar-refractivity contribution in [1.82, 2.24) is 40.3 Å². The number of pyridine rings is 1. The molecule has 0 spiro atoms. The number of ether oxygens (including phenoxy) is 1. The number of piperazine rings is 2. The van der Waals surface area contributed by atoms with E-state index in [0.29, 0.717) is 70.3 Å². The Balaban J connectivity index is 0.783. The molecule has 3 unspecified atom stereocenters. The molecule has 1 saturated carbocycles. The number of aromatic hydroxyl groups is 1. The van der Waals surface area contributed by atoms with E-state index in [1.807, 2.05) is 24.3 Å². The summed E-state index contributed by atoms with van der Waals surface area (Å²) in [5.41, 5.74) is 3.74. The maximum Gasteiger partial charge on any atom is 0.319 e. The summed E-state index contributed by atoms with van der Waals surface area (Å²) in [7, 11) is 0. The Labute approximate surface area is 363 Å². The second-order valence-corrected chi connectivity index (χ2v) is 18.3. The molecule has 3 aromatic carbocycles. The van der Waals surface area contributed by atoms with Gasteiger partial charge < -0.3 is 29.9 Å². The van der Waals surface area contributed by atoms with E-state index >= 15 is 4.39 Å². The average molecular weight is 850 g/mol. The number of carbonyl (C=O) groups is 3. The van der Waals surface area contributed by atoms with Crippen molar-refractivity contribution in [3.8, 4) is 35.4 Å². The number of fused-ring (bicyclic) bond motifs is 5. The zero-order valence-corrected chi connectivity index (χ0v) is 34.9. The zero-order valence-electron chi connectivity index (χ0n) is 34.9. The van der Waals surface area contributed by atoms with Gasteiger partial charge in [0.05, 0.1) is 12.0 Å². The van der Waals surface area contributed by atoms with Gasteiger partial charge in [-0.05, 0) is 72.9 Å². The van der Waals surface area contributed by atoms with E-state index in [4.69, 9.17) is 21.1 Å². The van der Waals surface area contributed by atoms with Crippen LogP contribution < -0.4 is 20.3 Å². The molecule has 63 heavy (non-hydrogen) atoms. The van der Waals surface area contributed by atoms with Crippen molar-refractivity contribution in [2.75, 3.05) is 57.3 Å². The van der Waals surface area contributed by atoms with E-state index in [9.17, 15) is 19.5 Å². The van der Waals surface area contributed by atoms with Crippen molar-refractivity contribution in [1.29, 1.82) is 0 Å². The molecule has 2 bridgehead atoms. The van der Waals surface area contributed by atoms with Crippen LogP contribution in [0.25, 0.3) is 32.9 Å². The number of aromatic nitrogens is 3. The van der Waals surface area contributed by atoms with Gasteiger partial charge in [0.25, 0.3) is 5.91 Å². The van der Waals surface area contributed by atoms with Crippen LogP contribution >= 0.6 is 0 Å². The molecular formula is C48H48FN9O5. The highest BCUT2D eigenvalue weighted by Crippen LogP contribution is 2.47. The molecule has 5 aliphatic heterocycles. The van der Waals surface area contributed by atoms with Gasteiger partial charge in [-0.1, -0.05) is 30.2 Å². The largest absolute Gasteiger partial charge is 0.508 e. The monoisotopic (exact) mass is 849 g/mol. The van der Waals surface area contributed by atoms with Gasteiger partial charge in [-0.15, -0.1) is 6.42 Å². The second-order valence-electron chi connectivity index (χ2n) is 18.3. The number of imide groups is 1. The third-order valence-corrected chi connectivity index (χ3v) is 14.0. The Morgan fingerprint density at radius 3 is 2.51 bits per heavy atom. The minimum Gasteiger partial charge on any atom is -0.508 e. The summed E-state index contributed by atoms with van der Waals surface area (Å²) >= 11 is 0. The van der Waals surface area contributed by atoms with E-state index in [-0.39, 0.29) is 46.6 Å². The van der Waals surface area contributed by atoms with Gasteiger partial charge in [0.15, 0.2) is 5.82 Å². The first kappa shape index (κ1) is 39.6. The summed E-state index contributed by atoms with van der Waals surface area (Å²) in [5.74, 6) is 1.82. The van der Waals surface area contributed by atoms with Crippen molar-refractivity contribution >= 4 is 45.2 Å². The van der Waals surface area contributed by atoms with Crippen LogP contribution in [-0.4, -0.2) is 123 Å². The molecule has 3 atom stereocenters. The first-order chi connectivity index (χ1) is 30.6. The molecular weight excluding hydrogens is 802 g/mol. The molecule has 14 nitrogen and oxygen atoms in total. The normalized spacial score (nSPS) is 23.3. The summed E-state index contributed by atoms with van der Waals surface area (Å²) in [6, 6.07) is 14.7. The number of phenols is 1. The lowest BCUT2D eigenvalue weighted by atomic mass is 9.96. The van der Waals surface area contributed by atoms with Crippen LogP contribution in [0.15, 0.2) is 54.7 Å². The number of benzene rings is 3.